The van der Waals surface area contributed by atoms with Crippen LogP contribution >= 0.6 is 35.8 Å². The van der Waals surface area contributed by atoms with Crippen LogP contribution in [0.3, 0.4) is 0 Å². The van der Waals surface area contributed by atoms with E-state index in [9.17, 15) is 0 Å². The van der Waals surface area contributed by atoms with Gasteiger partial charge in [-0.1, -0.05) is 48.0 Å². The topological polar surface area (TPSA) is 40.2 Å². The highest BCUT2D eigenvalue weighted by Crippen LogP contribution is 2.40. The lowest BCUT2D eigenvalue weighted by Crippen LogP contribution is -2.42. The Bertz CT molecular complexity index is 1010. The van der Waals surface area contributed by atoms with Crippen LogP contribution in [0.25, 0.3) is 16.7 Å². The van der Waals surface area contributed by atoms with Crippen LogP contribution in [0.1, 0.15) is 48.6 Å². The van der Waals surface area contributed by atoms with E-state index >= 15 is 0 Å². The average molecular weight is 490 g/mol. The number of nitrogens with one attached hydrogen (secondary N) is 2. The molecule has 1 aliphatic heterocycles. The van der Waals surface area contributed by atoms with Gasteiger partial charge in [0, 0.05) is 35.1 Å². The normalized spacial score (nSPS) is 18.3. The van der Waals surface area contributed by atoms with Gasteiger partial charge in [0.25, 0.3) is 0 Å². The van der Waals surface area contributed by atoms with E-state index in [1.807, 2.05) is 24.5 Å². The molecule has 1 atom stereocenters. The molecule has 170 valence electrons. The Labute approximate surface area is 206 Å². The molecule has 1 aromatic heterocycles. The van der Waals surface area contributed by atoms with E-state index in [1.54, 1.807) is 0 Å². The number of hydrogen-bond donors (Lipinski definition) is 3. The minimum Gasteiger partial charge on any atom is -0.370 e. The van der Waals surface area contributed by atoms with Crippen molar-refractivity contribution in [2.45, 2.75) is 43.5 Å². The first-order chi connectivity index (χ1) is 15.4. The number of thiol groups is 1. The maximum absolute atomic E-state index is 6.72. The molecule has 4 rings (SSSR count). The number of halogens is 2. The van der Waals surface area contributed by atoms with Crippen LogP contribution in [-0.2, 0) is 0 Å². The first-order valence-electron chi connectivity index (χ1n) is 11.1. The SMILES string of the molecule is C=C(NC1CCN(C)CC1)NC(S)c1ccc(-c2cncc(C3=CCCC3)c2)c(Cl)c1Cl. The van der Waals surface area contributed by atoms with Crippen LogP contribution in [0.15, 0.2) is 49.1 Å². The molecular weight excluding hydrogens is 459 g/mol. The zero-order valence-corrected chi connectivity index (χ0v) is 20.8. The van der Waals surface area contributed by atoms with Crippen molar-refractivity contribution >= 4 is 41.4 Å². The Morgan fingerprint density at radius 1 is 1.19 bits per heavy atom. The van der Waals surface area contributed by atoms with E-state index in [1.165, 1.54) is 12.0 Å². The summed E-state index contributed by atoms with van der Waals surface area (Å²) in [5.74, 6) is 0.748. The summed E-state index contributed by atoms with van der Waals surface area (Å²) in [4.78, 5) is 6.78. The summed E-state index contributed by atoms with van der Waals surface area (Å²) in [5.41, 5.74) is 5.16. The number of rotatable bonds is 7. The molecule has 1 unspecified atom stereocenters. The summed E-state index contributed by atoms with van der Waals surface area (Å²) in [6.07, 6.45) is 11.7. The van der Waals surface area contributed by atoms with Crippen LogP contribution < -0.4 is 10.6 Å². The van der Waals surface area contributed by atoms with Gasteiger partial charge in [-0.15, -0.1) is 12.6 Å². The predicted octanol–water partition coefficient (Wildman–Crippen LogP) is 6.30. The summed E-state index contributed by atoms with van der Waals surface area (Å²) in [6, 6.07) is 6.53. The zero-order chi connectivity index (χ0) is 22.7. The number of piperidine rings is 1. The van der Waals surface area contributed by atoms with Crippen LogP contribution in [0.5, 0.6) is 0 Å². The fraction of sp³-hybridized carbons (Fsp3) is 0.400. The molecule has 2 aliphatic rings. The van der Waals surface area contributed by atoms with Gasteiger partial charge in [-0.05, 0) is 69.4 Å². The predicted molar refractivity (Wildman–Crippen MR) is 139 cm³/mol. The Morgan fingerprint density at radius 3 is 2.66 bits per heavy atom. The minimum atomic E-state index is -0.326. The summed E-state index contributed by atoms with van der Waals surface area (Å²) < 4.78 is 0. The molecule has 1 aromatic carbocycles. The first kappa shape index (κ1) is 23.5. The fourth-order valence-corrected chi connectivity index (χ4v) is 5.38. The number of aromatic nitrogens is 1. The summed E-state index contributed by atoms with van der Waals surface area (Å²) >= 11 is 18.1. The first-order valence-corrected chi connectivity index (χ1v) is 12.4. The highest BCUT2D eigenvalue weighted by Gasteiger charge is 2.20. The number of allylic oxidation sites excluding steroid dienone is 2. The molecular formula is C25H30Cl2N4S. The molecule has 2 heterocycles. The van der Waals surface area contributed by atoms with Gasteiger partial charge < -0.3 is 15.5 Å². The number of nitrogens with zero attached hydrogens (tertiary/aromatic N) is 2. The van der Waals surface area contributed by atoms with Gasteiger partial charge in [0.05, 0.1) is 21.2 Å². The second kappa shape index (κ2) is 10.5. The minimum absolute atomic E-state index is 0.326. The monoisotopic (exact) mass is 488 g/mol. The highest BCUT2D eigenvalue weighted by molar-refractivity contribution is 7.80. The molecule has 0 radical (unpaired) electrons. The van der Waals surface area contributed by atoms with Crippen molar-refractivity contribution in [2.75, 3.05) is 20.1 Å². The average Bonchev–Trinajstić information content (AvgIpc) is 3.32. The van der Waals surface area contributed by atoms with Crippen molar-refractivity contribution < 1.29 is 0 Å². The van der Waals surface area contributed by atoms with Crippen LogP contribution in [0.2, 0.25) is 10.0 Å². The maximum atomic E-state index is 6.72. The Hall–Kier alpha value is -1.66. The van der Waals surface area contributed by atoms with Gasteiger partial charge >= 0.3 is 0 Å². The third-order valence-electron chi connectivity index (χ3n) is 6.28. The van der Waals surface area contributed by atoms with E-state index in [2.05, 4.69) is 46.3 Å². The zero-order valence-electron chi connectivity index (χ0n) is 18.4. The molecule has 0 bridgehead atoms. The summed E-state index contributed by atoms with van der Waals surface area (Å²) in [7, 11) is 2.15. The second-order valence-corrected chi connectivity index (χ2v) is 9.93. The van der Waals surface area contributed by atoms with E-state index in [0.717, 1.165) is 66.8 Å². The molecule has 1 aliphatic carbocycles. The smallest absolute Gasteiger partial charge is 0.0977 e. The number of likely N-dealkylation sites (tertiary alicyclic amines) is 1. The van der Waals surface area contributed by atoms with Crippen molar-refractivity contribution in [2.24, 2.45) is 0 Å². The summed E-state index contributed by atoms with van der Waals surface area (Å²) in [6.45, 7) is 6.30. The van der Waals surface area contributed by atoms with Crippen molar-refractivity contribution in [1.29, 1.82) is 0 Å². The molecule has 0 amide bonds. The quantitative estimate of drug-likeness (QED) is 0.316. The molecule has 32 heavy (non-hydrogen) atoms. The van der Waals surface area contributed by atoms with Gasteiger partial charge in [-0.2, -0.15) is 0 Å². The molecule has 7 heteroatoms. The molecule has 0 saturated carbocycles. The van der Waals surface area contributed by atoms with Crippen molar-refractivity contribution in [1.82, 2.24) is 20.5 Å². The molecule has 2 aromatic rings. The summed E-state index contributed by atoms with van der Waals surface area (Å²) in [5, 5.41) is 7.47. The molecule has 1 saturated heterocycles. The number of benzene rings is 1. The van der Waals surface area contributed by atoms with Crippen LogP contribution in [0.4, 0.5) is 0 Å². The van der Waals surface area contributed by atoms with Crippen molar-refractivity contribution in [3.63, 3.8) is 0 Å². The van der Waals surface area contributed by atoms with E-state index in [0.29, 0.717) is 16.1 Å². The third-order valence-corrected chi connectivity index (χ3v) is 7.58. The van der Waals surface area contributed by atoms with E-state index in [4.69, 9.17) is 35.8 Å². The molecule has 0 spiro atoms. The third kappa shape index (κ3) is 5.45. The standard InChI is InChI=1S/C25H30Cl2N4S/c1-16(29-20-9-11-31(2)12-10-20)30-25(32)22-8-7-21(23(26)24(22)27)19-13-18(14-28-15-19)17-5-3-4-6-17/h5,7-8,13-15,20,25,29-30,32H,1,3-4,6,9-12H2,2H3. The maximum Gasteiger partial charge on any atom is 0.0977 e. The van der Waals surface area contributed by atoms with E-state index < -0.39 is 0 Å². The van der Waals surface area contributed by atoms with Gasteiger partial charge in [-0.25, -0.2) is 0 Å². The molecule has 2 N–H and O–H groups in total. The fourth-order valence-electron chi connectivity index (χ4n) is 4.38. The van der Waals surface area contributed by atoms with Crippen LogP contribution in [0, 0.1) is 0 Å². The Kier molecular flexibility index (Phi) is 7.72. The molecule has 1 fully saturated rings. The lowest BCUT2D eigenvalue weighted by Gasteiger charge is -2.31. The van der Waals surface area contributed by atoms with Gasteiger partial charge in [0.2, 0.25) is 0 Å². The van der Waals surface area contributed by atoms with Crippen LogP contribution in [-0.4, -0.2) is 36.1 Å². The second-order valence-electron chi connectivity index (χ2n) is 8.66. The Balaban J connectivity index is 1.46. The Morgan fingerprint density at radius 2 is 1.94 bits per heavy atom. The van der Waals surface area contributed by atoms with Crippen molar-refractivity contribution in [3.05, 3.63) is 70.2 Å². The lowest BCUT2D eigenvalue weighted by molar-refractivity contribution is 0.240. The number of pyridine rings is 1. The largest absolute Gasteiger partial charge is 0.370 e. The van der Waals surface area contributed by atoms with E-state index in [-0.39, 0.29) is 5.37 Å². The van der Waals surface area contributed by atoms with Gasteiger partial charge in [0.1, 0.15) is 0 Å². The number of hydrogen-bond acceptors (Lipinski definition) is 5. The van der Waals surface area contributed by atoms with Gasteiger partial charge in [0.15, 0.2) is 0 Å². The van der Waals surface area contributed by atoms with Crippen molar-refractivity contribution in [3.8, 4) is 11.1 Å². The highest BCUT2D eigenvalue weighted by atomic mass is 35.5. The molecule has 4 nitrogen and oxygen atoms in total. The lowest BCUT2D eigenvalue weighted by atomic mass is 10.0. The van der Waals surface area contributed by atoms with Gasteiger partial charge in [-0.3, -0.25) is 4.98 Å².